The average Bonchev–Trinajstić information content (AvgIpc) is 2.94. The molecule has 2 aliphatic rings. The van der Waals surface area contributed by atoms with Gasteiger partial charge in [0, 0.05) is 12.6 Å². The molecular formula is C18H32N4O. The monoisotopic (exact) mass is 320 g/mol. The molecule has 0 aliphatic carbocycles. The summed E-state index contributed by atoms with van der Waals surface area (Å²) >= 11 is 0. The largest absolute Gasteiger partial charge is 0.337 e. The smallest absolute Gasteiger partial charge is 0.235 e. The first-order valence-electron chi connectivity index (χ1n) is 9.13. The highest BCUT2D eigenvalue weighted by Crippen LogP contribution is 2.20. The van der Waals surface area contributed by atoms with Gasteiger partial charge in [0.15, 0.2) is 0 Å². The molecule has 2 saturated heterocycles. The quantitative estimate of drug-likeness (QED) is 0.813. The highest BCUT2D eigenvalue weighted by molar-refractivity contribution is 5.79. The molecule has 0 spiro atoms. The zero-order valence-corrected chi connectivity index (χ0v) is 15.0. The molecule has 0 saturated carbocycles. The van der Waals surface area contributed by atoms with E-state index in [4.69, 9.17) is 0 Å². The number of carbonyl (C=O) groups is 1. The fraction of sp³-hybridized carbons (Fsp3) is 0.889. The van der Waals surface area contributed by atoms with Crippen LogP contribution in [0.15, 0.2) is 0 Å². The highest BCUT2D eigenvalue weighted by Gasteiger charge is 2.33. The molecule has 1 N–H and O–H groups in total. The van der Waals surface area contributed by atoms with Crippen molar-refractivity contribution in [3.8, 4) is 6.07 Å². The van der Waals surface area contributed by atoms with E-state index in [0.29, 0.717) is 12.6 Å². The van der Waals surface area contributed by atoms with E-state index in [1.165, 1.54) is 45.2 Å². The number of nitrogens with one attached hydrogen (secondary N) is 1. The molecule has 23 heavy (non-hydrogen) atoms. The number of nitrogens with zero attached hydrogens (tertiary/aromatic N) is 3. The number of hydrogen-bond donors (Lipinski definition) is 1. The van der Waals surface area contributed by atoms with Crippen molar-refractivity contribution in [1.29, 1.82) is 5.26 Å². The second-order valence-corrected chi connectivity index (χ2v) is 7.64. The summed E-state index contributed by atoms with van der Waals surface area (Å²) < 4.78 is 0. The number of likely N-dealkylation sites (tertiary alicyclic amines) is 2. The molecule has 2 rings (SSSR count). The van der Waals surface area contributed by atoms with Crippen LogP contribution in [0, 0.1) is 17.2 Å². The minimum atomic E-state index is -0.779. The van der Waals surface area contributed by atoms with Gasteiger partial charge in [-0.3, -0.25) is 9.69 Å². The Labute approximate surface area is 141 Å². The first-order chi connectivity index (χ1) is 10.9. The van der Waals surface area contributed by atoms with Crippen molar-refractivity contribution in [2.24, 2.45) is 5.92 Å². The molecule has 0 aromatic rings. The molecule has 2 heterocycles. The second-order valence-electron chi connectivity index (χ2n) is 7.64. The molecule has 5 nitrogen and oxygen atoms in total. The van der Waals surface area contributed by atoms with Crippen molar-refractivity contribution in [2.75, 3.05) is 32.7 Å². The van der Waals surface area contributed by atoms with Gasteiger partial charge in [-0.15, -0.1) is 0 Å². The Balaban J connectivity index is 1.85. The van der Waals surface area contributed by atoms with E-state index in [-0.39, 0.29) is 11.8 Å². The fourth-order valence-electron chi connectivity index (χ4n) is 3.57. The lowest BCUT2D eigenvalue weighted by Gasteiger charge is -2.33. The average molecular weight is 320 g/mol. The molecule has 0 bridgehead atoms. The maximum Gasteiger partial charge on any atom is 0.235 e. The zero-order chi connectivity index (χ0) is 16.9. The van der Waals surface area contributed by atoms with Gasteiger partial charge in [-0.05, 0) is 58.2 Å². The third kappa shape index (κ3) is 4.92. The molecule has 0 aromatic carbocycles. The standard InChI is InChI=1S/C18H32N4O/c1-15(2)18(3,14-19)20-17(23)13-22-11-7-8-16(22)12-21-9-5-4-6-10-21/h15-16H,4-13H2,1-3H3,(H,20,23)/t16-,18+/m1/s1. The predicted octanol–water partition coefficient (Wildman–Crippen LogP) is 1.99. The SMILES string of the molecule is CC(C)[C@](C)(C#N)NC(=O)CN1CCC[C@@H]1CN1CCCCC1. The van der Waals surface area contributed by atoms with Gasteiger partial charge in [0.2, 0.25) is 5.91 Å². The van der Waals surface area contributed by atoms with Crippen LogP contribution in [0.5, 0.6) is 0 Å². The molecular weight excluding hydrogens is 288 g/mol. The summed E-state index contributed by atoms with van der Waals surface area (Å²) in [7, 11) is 0. The van der Waals surface area contributed by atoms with Crippen molar-refractivity contribution >= 4 is 5.91 Å². The third-order valence-electron chi connectivity index (χ3n) is 5.55. The van der Waals surface area contributed by atoms with E-state index in [1.807, 2.05) is 20.8 Å². The Morgan fingerprint density at radius 3 is 2.57 bits per heavy atom. The minimum absolute atomic E-state index is 0.0201. The summed E-state index contributed by atoms with van der Waals surface area (Å²) in [5.41, 5.74) is -0.779. The van der Waals surface area contributed by atoms with E-state index < -0.39 is 5.54 Å². The first kappa shape index (κ1) is 18.2. The summed E-state index contributed by atoms with van der Waals surface area (Å²) in [6.45, 7) is 10.7. The van der Waals surface area contributed by atoms with Crippen LogP contribution in [-0.4, -0.2) is 60.0 Å². The molecule has 5 heteroatoms. The number of amides is 1. The molecule has 1 amide bonds. The van der Waals surface area contributed by atoms with Crippen LogP contribution in [0.2, 0.25) is 0 Å². The summed E-state index contributed by atoms with van der Waals surface area (Å²) in [6.07, 6.45) is 6.33. The predicted molar refractivity (Wildman–Crippen MR) is 91.9 cm³/mol. The lowest BCUT2D eigenvalue weighted by molar-refractivity contribution is -0.124. The number of carbonyl (C=O) groups excluding carboxylic acids is 1. The van der Waals surface area contributed by atoms with Crippen molar-refractivity contribution < 1.29 is 4.79 Å². The van der Waals surface area contributed by atoms with E-state index in [1.54, 1.807) is 0 Å². The zero-order valence-electron chi connectivity index (χ0n) is 15.0. The number of hydrogen-bond acceptors (Lipinski definition) is 4. The molecule has 2 fully saturated rings. The minimum Gasteiger partial charge on any atom is -0.337 e. The fourth-order valence-corrected chi connectivity index (χ4v) is 3.57. The number of rotatable bonds is 6. The Morgan fingerprint density at radius 2 is 1.96 bits per heavy atom. The van der Waals surface area contributed by atoms with Crippen LogP contribution in [0.4, 0.5) is 0 Å². The van der Waals surface area contributed by atoms with Gasteiger partial charge in [0.1, 0.15) is 5.54 Å². The Morgan fingerprint density at radius 1 is 1.26 bits per heavy atom. The van der Waals surface area contributed by atoms with Crippen molar-refractivity contribution in [3.63, 3.8) is 0 Å². The highest BCUT2D eigenvalue weighted by atomic mass is 16.2. The second kappa shape index (κ2) is 8.12. The van der Waals surface area contributed by atoms with Gasteiger partial charge in [-0.1, -0.05) is 20.3 Å². The normalized spacial score (nSPS) is 26.0. The Bertz CT molecular complexity index is 439. The third-order valence-corrected chi connectivity index (χ3v) is 5.55. The van der Waals surface area contributed by atoms with Crippen LogP contribution in [-0.2, 0) is 4.79 Å². The summed E-state index contributed by atoms with van der Waals surface area (Å²) in [5.74, 6) is 0.0764. The first-order valence-corrected chi connectivity index (χ1v) is 9.13. The van der Waals surface area contributed by atoms with Gasteiger partial charge in [-0.25, -0.2) is 0 Å². The van der Waals surface area contributed by atoms with Gasteiger partial charge in [0.25, 0.3) is 0 Å². The maximum atomic E-state index is 12.4. The van der Waals surface area contributed by atoms with Crippen LogP contribution >= 0.6 is 0 Å². The molecule has 2 aliphatic heterocycles. The molecule has 0 aromatic heterocycles. The van der Waals surface area contributed by atoms with Crippen LogP contribution in [0.3, 0.4) is 0 Å². The van der Waals surface area contributed by atoms with Crippen molar-refractivity contribution in [1.82, 2.24) is 15.1 Å². The summed E-state index contributed by atoms with van der Waals surface area (Å²) in [5, 5.41) is 12.3. The van der Waals surface area contributed by atoms with Gasteiger partial charge in [0.05, 0.1) is 12.6 Å². The maximum absolute atomic E-state index is 12.4. The van der Waals surface area contributed by atoms with Crippen molar-refractivity contribution in [2.45, 2.75) is 64.5 Å². The summed E-state index contributed by atoms with van der Waals surface area (Å²) in [4.78, 5) is 17.3. The lowest BCUT2D eigenvalue weighted by Crippen LogP contribution is -2.53. The summed E-state index contributed by atoms with van der Waals surface area (Å²) in [6, 6.07) is 2.74. The van der Waals surface area contributed by atoms with Crippen molar-refractivity contribution in [3.05, 3.63) is 0 Å². The molecule has 130 valence electrons. The van der Waals surface area contributed by atoms with E-state index in [0.717, 1.165) is 13.1 Å². The number of piperidine rings is 1. The van der Waals surface area contributed by atoms with E-state index >= 15 is 0 Å². The van der Waals surface area contributed by atoms with Gasteiger partial charge in [-0.2, -0.15) is 5.26 Å². The van der Waals surface area contributed by atoms with Crippen LogP contribution in [0.25, 0.3) is 0 Å². The number of nitriles is 1. The van der Waals surface area contributed by atoms with Gasteiger partial charge >= 0.3 is 0 Å². The van der Waals surface area contributed by atoms with Crippen LogP contribution < -0.4 is 5.32 Å². The lowest BCUT2D eigenvalue weighted by atomic mass is 9.90. The topological polar surface area (TPSA) is 59.4 Å². The van der Waals surface area contributed by atoms with Crippen LogP contribution in [0.1, 0.15) is 52.9 Å². The Kier molecular flexibility index (Phi) is 6.43. The molecule has 0 radical (unpaired) electrons. The molecule has 2 atom stereocenters. The van der Waals surface area contributed by atoms with Gasteiger partial charge < -0.3 is 10.2 Å². The Hall–Kier alpha value is -1.12. The molecule has 0 unspecified atom stereocenters. The van der Waals surface area contributed by atoms with E-state index in [9.17, 15) is 10.1 Å². The van der Waals surface area contributed by atoms with E-state index in [2.05, 4.69) is 21.2 Å².